The second-order valence-corrected chi connectivity index (χ2v) is 12.1. The smallest absolute Gasteiger partial charge is 0.119 e. The summed E-state index contributed by atoms with van der Waals surface area (Å²) in [5, 5.41) is 21.4. The highest BCUT2D eigenvalue weighted by atomic mass is 16.5. The van der Waals surface area contributed by atoms with Crippen LogP contribution in [0.2, 0.25) is 0 Å². The molecular formula is C32H41NO3. The number of hydrogen-bond donors (Lipinski definition) is 2. The van der Waals surface area contributed by atoms with E-state index in [4.69, 9.17) is 4.74 Å². The first-order chi connectivity index (χ1) is 17.4. The first-order valence-electron chi connectivity index (χ1n) is 14.0. The topological polar surface area (TPSA) is 52.9 Å². The van der Waals surface area contributed by atoms with E-state index in [-0.39, 0.29) is 22.9 Å². The maximum absolute atomic E-state index is 11.2. The van der Waals surface area contributed by atoms with Crippen LogP contribution in [0.4, 0.5) is 0 Å². The van der Waals surface area contributed by atoms with Crippen LogP contribution in [-0.4, -0.2) is 47.5 Å². The number of ether oxygens (including phenoxy) is 1. The molecule has 4 heteroatoms. The Morgan fingerprint density at radius 3 is 2.64 bits per heavy atom. The van der Waals surface area contributed by atoms with Gasteiger partial charge in [-0.1, -0.05) is 31.2 Å². The average Bonchev–Trinajstić information content (AvgIpc) is 3.51. The van der Waals surface area contributed by atoms with Crippen molar-refractivity contribution in [3.8, 4) is 11.5 Å². The summed E-state index contributed by atoms with van der Waals surface area (Å²) in [5.41, 5.74) is 3.78. The van der Waals surface area contributed by atoms with Crippen molar-refractivity contribution in [2.75, 3.05) is 26.2 Å². The van der Waals surface area contributed by atoms with E-state index >= 15 is 0 Å². The van der Waals surface area contributed by atoms with Crippen molar-refractivity contribution in [2.45, 2.75) is 69.8 Å². The van der Waals surface area contributed by atoms with Crippen LogP contribution in [-0.2, 0) is 6.42 Å². The van der Waals surface area contributed by atoms with Gasteiger partial charge in [-0.25, -0.2) is 0 Å². The minimum absolute atomic E-state index is 0.0516. The Bertz CT molecular complexity index is 1110. The van der Waals surface area contributed by atoms with Gasteiger partial charge in [0.05, 0.1) is 6.10 Å². The molecule has 4 aliphatic rings. The Morgan fingerprint density at radius 1 is 1.11 bits per heavy atom. The Balaban J connectivity index is 1.33. The summed E-state index contributed by atoms with van der Waals surface area (Å²) in [6.07, 6.45) is 9.47. The zero-order valence-electron chi connectivity index (χ0n) is 21.7. The Labute approximate surface area is 216 Å². The van der Waals surface area contributed by atoms with Crippen molar-refractivity contribution >= 4 is 0 Å². The van der Waals surface area contributed by atoms with Crippen molar-refractivity contribution in [1.29, 1.82) is 0 Å². The summed E-state index contributed by atoms with van der Waals surface area (Å²) in [5.74, 6) is 2.28. The molecule has 4 nitrogen and oxygen atoms in total. The predicted molar refractivity (Wildman–Crippen MR) is 144 cm³/mol. The van der Waals surface area contributed by atoms with Gasteiger partial charge in [0.15, 0.2) is 0 Å². The molecule has 1 saturated heterocycles. The van der Waals surface area contributed by atoms with E-state index < -0.39 is 0 Å². The molecule has 0 radical (unpaired) electrons. The molecule has 2 saturated carbocycles. The Kier molecular flexibility index (Phi) is 6.16. The fourth-order valence-electron chi connectivity index (χ4n) is 8.65. The number of aliphatic hydroxyl groups is 1. The summed E-state index contributed by atoms with van der Waals surface area (Å²) in [4.78, 5) is 2.48. The zero-order valence-corrected chi connectivity index (χ0v) is 21.7. The molecule has 3 aliphatic carbocycles. The standard InChI is InChI=1S/C32H41NO3/c1-3-32-15-14-23-20-24(34)8-11-26(23)30(32)27(21-31(2)28(32)12-13-29(31)35)22-6-9-25(10-7-22)36-19-18-33-16-4-5-17-33/h3,6-11,20,27-30,34-35H,1,4-5,12-19,21H2,2H3/t27-,28?,29+,30?,31+,32+/m1/s1. The SMILES string of the molecule is C=C[C@@]12CCc3cc(O)ccc3C1[C@@H](c1ccc(OCCN3CCCC3)cc1)C[C@@]1(C)C2CC[C@@H]1O. The predicted octanol–water partition coefficient (Wildman–Crippen LogP) is 6.03. The van der Waals surface area contributed by atoms with E-state index in [2.05, 4.69) is 54.8 Å². The van der Waals surface area contributed by atoms with Gasteiger partial charge in [0.2, 0.25) is 0 Å². The number of aryl methyl sites for hydroxylation is 1. The second kappa shape index (κ2) is 9.22. The van der Waals surface area contributed by atoms with Gasteiger partial charge in [0.1, 0.15) is 18.1 Å². The second-order valence-electron chi connectivity index (χ2n) is 12.1. The van der Waals surface area contributed by atoms with Crippen molar-refractivity contribution in [2.24, 2.45) is 16.7 Å². The monoisotopic (exact) mass is 487 g/mol. The lowest BCUT2D eigenvalue weighted by Crippen LogP contribution is -2.53. The molecule has 0 bridgehead atoms. The van der Waals surface area contributed by atoms with Crippen molar-refractivity contribution in [3.63, 3.8) is 0 Å². The molecule has 2 N–H and O–H groups in total. The number of rotatable bonds is 6. The van der Waals surface area contributed by atoms with Crippen LogP contribution < -0.4 is 4.74 Å². The van der Waals surface area contributed by atoms with Gasteiger partial charge >= 0.3 is 0 Å². The highest BCUT2D eigenvalue weighted by Gasteiger charge is 2.63. The third-order valence-corrected chi connectivity index (χ3v) is 10.4. The van der Waals surface area contributed by atoms with Crippen LogP contribution in [0.5, 0.6) is 11.5 Å². The molecule has 1 heterocycles. The minimum atomic E-state index is -0.266. The van der Waals surface area contributed by atoms with Crippen molar-refractivity contribution in [3.05, 3.63) is 71.8 Å². The molecule has 2 unspecified atom stereocenters. The molecule has 3 fully saturated rings. The molecular weight excluding hydrogens is 446 g/mol. The molecule has 36 heavy (non-hydrogen) atoms. The fourth-order valence-corrected chi connectivity index (χ4v) is 8.65. The summed E-state index contributed by atoms with van der Waals surface area (Å²) >= 11 is 0. The van der Waals surface area contributed by atoms with Crippen LogP contribution in [0, 0.1) is 16.7 Å². The number of benzene rings is 2. The molecule has 6 atom stereocenters. The van der Waals surface area contributed by atoms with Gasteiger partial charge in [-0.05, 0) is 122 Å². The zero-order chi connectivity index (χ0) is 24.9. The first-order valence-corrected chi connectivity index (χ1v) is 14.0. The van der Waals surface area contributed by atoms with Crippen molar-refractivity contribution < 1.29 is 14.9 Å². The summed E-state index contributed by atoms with van der Waals surface area (Å²) in [6, 6.07) is 14.7. The number of phenols is 1. The van der Waals surface area contributed by atoms with E-state index in [1.165, 1.54) is 42.6 Å². The fraction of sp³-hybridized carbons (Fsp3) is 0.562. The highest BCUT2D eigenvalue weighted by molar-refractivity contribution is 5.46. The van der Waals surface area contributed by atoms with Gasteiger partial charge in [0.25, 0.3) is 0 Å². The average molecular weight is 488 g/mol. The number of likely N-dealkylation sites (tertiary alicyclic amines) is 1. The third kappa shape index (κ3) is 3.80. The molecule has 0 aromatic heterocycles. The van der Waals surface area contributed by atoms with Crippen LogP contribution in [0.15, 0.2) is 55.1 Å². The molecule has 192 valence electrons. The van der Waals surface area contributed by atoms with Gasteiger partial charge in [-0.3, -0.25) is 4.90 Å². The van der Waals surface area contributed by atoms with Gasteiger partial charge in [-0.15, -0.1) is 6.58 Å². The number of hydrogen-bond acceptors (Lipinski definition) is 4. The maximum Gasteiger partial charge on any atom is 0.119 e. The van der Waals surface area contributed by atoms with E-state index in [0.717, 1.165) is 51.0 Å². The van der Waals surface area contributed by atoms with Gasteiger partial charge < -0.3 is 14.9 Å². The minimum Gasteiger partial charge on any atom is -0.508 e. The maximum atomic E-state index is 11.2. The molecule has 2 aromatic carbocycles. The number of phenolic OH excluding ortho intramolecular Hbond substituents is 1. The number of nitrogens with zero attached hydrogens (tertiary/aromatic N) is 1. The quantitative estimate of drug-likeness (QED) is 0.488. The lowest BCUT2D eigenvalue weighted by molar-refractivity contribution is -0.0630. The number of fused-ring (bicyclic) bond motifs is 5. The van der Waals surface area contributed by atoms with Crippen molar-refractivity contribution in [1.82, 2.24) is 4.90 Å². The molecule has 1 aliphatic heterocycles. The third-order valence-electron chi connectivity index (χ3n) is 10.4. The van der Waals surface area contributed by atoms with Crippen LogP contribution >= 0.6 is 0 Å². The summed E-state index contributed by atoms with van der Waals surface area (Å²) in [7, 11) is 0. The van der Waals surface area contributed by atoms with E-state index in [1.54, 1.807) is 0 Å². The Hall–Kier alpha value is -2.30. The van der Waals surface area contributed by atoms with E-state index in [0.29, 0.717) is 17.6 Å². The summed E-state index contributed by atoms with van der Waals surface area (Å²) in [6.45, 7) is 10.9. The van der Waals surface area contributed by atoms with Crippen LogP contribution in [0.1, 0.15) is 74.0 Å². The lowest BCUT2D eigenvalue weighted by atomic mass is 9.44. The number of aliphatic hydroxyl groups excluding tert-OH is 1. The van der Waals surface area contributed by atoms with E-state index in [1.807, 2.05) is 12.1 Å². The number of aromatic hydroxyl groups is 1. The first kappa shape index (κ1) is 24.1. The van der Waals surface area contributed by atoms with Gasteiger partial charge in [0, 0.05) is 12.5 Å². The largest absolute Gasteiger partial charge is 0.508 e. The van der Waals surface area contributed by atoms with Crippen LogP contribution in [0.25, 0.3) is 0 Å². The molecule has 2 aromatic rings. The highest BCUT2D eigenvalue weighted by Crippen LogP contribution is 2.71. The molecule has 0 amide bonds. The summed E-state index contributed by atoms with van der Waals surface area (Å²) < 4.78 is 6.11. The number of allylic oxidation sites excluding steroid dienone is 1. The molecule has 6 rings (SSSR count). The normalized spacial score (nSPS) is 35.6. The lowest BCUT2D eigenvalue weighted by Gasteiger charge is -2.60. The van der Waals surface area contributed by atoms with Crippen LogP contribution in [0.3, 0.4) is 0 Å². The van der Waals surface area contributed by atoms with Gasteiger partial charge in [-0.2, -0.15) is 0 Å². The molecule has 0 spiro atoms. The Morgan fingerprint density at radius 2 is 1.89 bits per heavy atom. The van der Waals surface area contributed by atoms with E-state index in [9.17, 15) is 10.2 Å².